The Hall–Kier alpha value is -1.88. The highest BCUT2D eigenvalue weighted by Crippen LogP contribution is 2.40. The fourth-order valence-corrected chi connectivity index (χ4v) is 9.51. The zero-order valence-electron chi connectivity index (χ0n) is 17.3. The molecule has 0 saturated carbocycles. The minimum absolute atomic E-state index is 0.0795. The molecule has 0 amide bonds. The number of rotatable bonds is 4. The molecule has 0 aliphatic heterocycles. The Balaban J connectivity index is 1.97. The molecule has 1 nitrogen and oxygen atoms in total. The summed E-state index contributed by atoms with van der Waals surface area (Å²) in [5.74, 6) is 0.888. The Labute approximate surface area is 196 Å². The van der Waals surface area contributed by atoms with E-state index < -0.39 is 8.32 Å². The number of halogens is 2. The fourth-order valence-electron chi connectivity index (χ4n) is 4.11. The SMILES string of the molecule is CC(C)(C)[Si](Oc1cc2ccc(Br)cc2cc1Br)(c1ccccc1)c1ccccc1. The standard InChI is InChI=1S/C26H24Br2OSi/c1-26(2,3)30(22-10-6-4-7-11-22,23-12-8-5-9-13-23)29-25-18-19-14-15-21(27)16-20(19)17-24(25)28/h4-18H,1-3H3. The first-order chi connectivity index (χ1) is 14.3. The van der Waals surface area contributed by atoms with Crippen LogP contribution in [-0.4, -0.2) is 8.32 Å². The molecule has 0 radical (unpaired) electrons. The third-order valence-electron chi connectivity index (χ3n) is 5.53. The molecule has 0 saturated heterocycles. The Kier molecular flexibility index (Phi) is 5.93. The van der Waals surface area contributed by atoms with Gasteiger partial charge in [-0.2, -0.15) is 0 Å². The van der Waals surface area contributed by atoms with Gasteiger partial charge < -0.3 is 4.43 Å². The molecule has 30 heavy (non-hydrogen) atoms. The van der Waals surface area contributed by atoms with Gasteiger partial charge in [-0.25, -0.2) is 0 Å². The molecular formula is C26H24Br2OSi. The van der Waals surface area contributed by atoms with Crippen LogP contribution in [0.2, 0.25) is 5.04 Å². The summed E-state index contributed by atoms with van der Waals surface area (Å²) in [6.07, 6.45) is 0. The van der Waals surface area contributed by atoms with Crippen molar-refractivity contribution in [2.45, 2.75) is 25.8 Å². The first-order valence-electron chi connectivity index (χ1n) is 10.0. The lowest BCUT2D eigenvalue weighted by molar-refractivity contribution is 0.506. The molecular weight excluding hydrogens is 516 g/mol. The summed E-state index contributed by atoms with van der Waals surface area (Å²) in [6.45, 7) is 6.89. The van der Waals surface area contributed by atoms with Crippen LogP contribution in [-0.2, 0) is 0 Å². The van der Waals surface area contributed by atoms with Gasteiger partial charge in [0, 0.05) is 4.47 Å². The van der Waals surface area contributed by atoms with Crippen molar-refractivity contribution in [2.24, 2.45) is 0 Å². The normalized spacial score (nSPS) is 12.2. The quantitative estimate of drug-likeness (QED) is 0.247. The second kappa shape index (κ2) is 8.33. The van der Waals surface area contributed by atoms with Gasteiger partial charge >= 0.3 is 8.32 Å². The lowest BCUT2D eigenvalue weighted by Crippen LogP contribution is -2.68. The Morgan fingerprint density at radius 2 is 1.23 bits per heavy atom. The molecule has 0 bridgehead atoms. The minimum atomic E-state index is -2.66. The molecule has 0 aliphatic rings. The minimum Gasteiger partial charge on any atom is -0.533 e. The highest BCUT2D eigenvalue weighted by molar-refractivity contribution is 9.10. The van der Waals surface area contributed by atoms with Crippen LogP contribution in [0.3, 0.4) is 0 Å². The van der Waals surface area contributed by atoms with E-state index in [1.807, 2.05) is 0 Å². The molecule has 0 atom stereocenters. The van der Waals surface area contributed by atoms with Crippen LogP contribution in [0.15, 0.2) is 99.9 Å². The van der Waals surface area contributed by atoms with Crippen LogP contribution in [0.5, 0.6) is 5.75 Å². The van der Waals surface area contributed by atoms with E-state index in [9.17, 15) is 0 Å². The van der Waals surface area contributed by atoms with Gasteiger partial charge in [0.05, 0.1) is 4.47 Å². The molecule has 0 unspecified atom stereocenters. The maximum absolute atomic E-state index is 7.19. The predicted octanol–water partition coefficient (Wildman–Crippen LogP) is 7.30. The third-order valence-corrected chi connectivity index (χ3v) is 11.6. The molecule has 4 aromatic carbocycles. The van der Waals surface area contributed by atoms with Gasteiger partial charge in [-0.3, -0.25) is 0 Å². The van der Waals surface area contributed by atoms with Crippen molar-refractivity contribution >= 4 is 61.3 Å². The second-order valence-electron chi connectivity index (χ2n) is 8.54. The van der Waals surface area contributed by atoms with Crippen LogP contribution < -0.4 is 14.8 Å². The molecule has 4 rings (SSSR count). The highest BCUT2D eigenvalue weighted by Gasteiger charge is 2.52. The fraction of sp³-hybridized carbons (Fsp3) is 0.154. The average Bonchev–Trinajstić information content (AvgIpc) is 2.72. The van der Waals surface area contributed by atoms with Crippen LogP contribution in [0.1, 0.15) is 20.8 Å². The Morgan fingerprint density at radius 3 is 1.77 bits per heavy atom. The Morgan fingerprint density at radius 1 is 0.667 bits per heavy atom. The summed E-state index contributed by atoms with van der Waals surface area (Å²) < 4.78 is 9.23. The van der Waals surface area contributed by atoms with Gasteiger partial charge in [0.2, 0.25) is 0 Å². The summed E-state index contributed by atoms with van der Waals surface area (Å²) in [5, 5.41) is 4.79. The summed E-state index contributed by atoms with van der Waals surface area (Å²) in [4.78, 5) is 0. The number of hydrogen-bond donors (Lipinski definition) is 0. The van der Waals surface area contributed by atoms with E-state index >= 15 is 0 Å². The van der Waals surface area contributed by atoms with Crippen molar-refractivity contribution in [3.63, 3.8) is 0 Å². The number of benzene rings is 4. The van der Waals surface area contributed by atoms with Crippen LogP contribution in [0.25, 0.3) is 10.8 Å². The maximum atomic E-state index is 7.19. The Bertz CT molecular complexity index is 1130. The highest BCUT2D eigenvalue weighted by atomic mass is 79.9. The van der Waals surface area contributed by atoms with Gasteiger partial charge in [-0.1, -0.05) is 103 Å². The molecule has 0 aliphatic carbocycles. The predicted molar refractivity (Wildman–Crippen MR) is 138 cm³/mol. The van der Waals surface area contributed by atoms with E-state index in [0.29, 0.717) is 0 Å². The monoisotopic (exact) mass is 538 g/mol. The largest absolute Gasteiger partial charge is 0.533 e. The average molecular weight is 540 g/mol. The van der Waals surface area contributed by atoms with Gasteiger partial charge in [0.25, 0.3) is 0 Å². The van der Waals surface area contributed by atoms with Crippen LogP contribution >= 0.6 is 31.9 Å². The summed E-state index contributed by atoms with van der Waals surface area (Å²) in [7, 11) is -2.66. The van der Waals surface area contributed by atoms with Crippen molar-refractivity contribution in [1.29, 1.82) is 0 Å². The van der Waals surface area contributed by atoms with Gasteiger partial charge in [0.15, 0.2) is 0 Å². The molecule has 152 valence electrons. The first kappa shape index (κ1) is 21.4. The van der Waals surface area contributed by atoms with Crippen molar-refractivity contribution < 1.29 is 4.43 Å². The smallest absolute Gasteiger partial charge is 0.320 e. The molecule has 0 aromatic heterocycles. The maximum Gasteiger partial charge on any atom is 0.320 e. The summed E-state index contributed by atoms with van der Waals surface area (Å²) >= 11 is 7.36. The van der Waals surface area contributed by atoms with E-state index in [1.54, 1.807) is 0 Å². The molecule has 0 N–H and O–H groups in total. The van der Waals surface area contributed by atoms with E-state index in [-0.39, 0.29) is 5.04 Å². The molecule has 0 spiro atoms. The third kappa shape index (κ3) is 3.89. The van der Waals surface area contributed by atoms with E-state index in [2.05, 4.69) is 144 Å². The molecule has 4 aromatic rings. The van der Waals surface area contributed by atoms with Crippen molar-refractivity contribution in [3.05, 3.63) is 99.9 Å². The van der Waals surface area contributed by atoms with Gasteiger partial charge in [0.1, 0.15) is 5.75 Å². The van der Waals surface area contributed by atoms with Gasteiger partial charge in [-0.15, -0.1) is 0 Å². The topological polar surface area (TPSA) is 9.23 Å². The van der Waals surface area contributed by atoms with Crippen molar-refractivity contribution in [1.82, 2.24) is 0 Å². The zero-order chi connectivity index (χ0) is 21.4. The first-order valence-corrected chi connectivity index (χ1v) is 13.5. The van der Waals surface area contributed by atoms with Crippen molar-refractivity contribution in [2.75, 3.05) is 0 Å². The van der Waals surface area contributed by atoms with Gasteiger partial charge in [-0.05, 0) is 66.4 Å². The number of fused-ring (bicyclic) bond motifs is 1. The van der Waals surface area contributed by atoms with E-state index in [0.717, 1.165) is 20.1 Å². The molecule has 0 heterocycles. The zero-order valence-corrected chi connectivity index (χ0v) is 21.5. The number of hydrogen-bond acceptors (Lipinski definition) is 1. The summed E-state index contributed by atoms with van der Waals surface area (Å²) in [6, 6.07) is 32.1. The van der Waals surface area contributed by atoms with E-state index in [1.165, 1.54) is 15.8 Å². The van der Waals surface area contributed by atoms with Crippen molar-refractivity contribution in [3.8, 4) is 5.75 Å². The molecule has 4 heteroatoms. The van der Waals surface area contributed by atoms with Crippen LogP contribution in [0, 0.1) is 0 Å². The molecule has 0 fully saturated rings. The van der Waals surface area contributed by atoms with E-state index in [4.69, 9.17) is 4.43 Å². The second-order valence-corrected chi connectivity index (χ2v) is 14.5. The lowest BCUT2D eigenvalue weighted by atomic mass is 10.1. The van der Waals surface area contributed by atoms with Crippen LogP contribution in [0.4, 0.5) is 0 Å². The lowest BCUT2D eigenvalue weighted by Gasteiger charge is -2.43. The summed E-state index contributed by atoms with van der Waals surface area (Å²) in [5.41, 5.74) is 0.